The average Bonchev–Trinajstić information content (AvgIpc) is 3.35. The van der Waals surface area contributed by atoms with Crippen molar-refractivity contribution in [1.29, 1.82) is 0 Å². The Hall–Kier alpha value is -1.95. The van der Waals surface area contributed by atoms with E-state index in [0.717, 1.165) is 42.9 Å². The number of hydrogen-bond donors (Lipinski definition) is 1. The fourth-order valence-electron chi connectivity index (χ4n) is 3.32. The van der Waals surface area contributed by atoms with Crippen molar-refractivity contribution in [3.63, 3.8) is 0 Å². The van der Waals surface area contributed by atoms with Crippen LogP contribution < -0.4 is 10.1 Å². The number of methoxy groups -OCH3 is 1. The Kier molecular flexibility index (Phi) is 3.33. The van der Waals surface area contributed by atoms with Gasteiger partial charge < -0.3 is 10.1 Å². The maximum absolute atomic E-state index is 5.53. The van der Waals surface area contributed by atoms with Gasteiger partial charge in [0.2, 0.25) is 5.88 Å². The maximum Gasteiger partial charge on any atom is 0.226 e. The van der Waals surface area contributed by atoms with Crippen LogP contribution in [-0.2, 0) is 20.0 Å². The van der Waals surface area contributed by atoms with E-state index in [1.54, 1.807) is 13.4 Å². The summed E-state index contributed by atoms with van der Waals surface area (Å²) in [6.45, 7) is 1.90. The lowest BCUT2D eigenvalue weighted by Crippen LogP contribution is -2.13. The Bertz CT molecular complexity index is 705. The highest BCUT2D eigenvalue weighted by Gasteiger charge is 2.33. The molecule has 2 aromatic heterocycles. The molecule has 1 N–H and O–H groups in total. The Balaban J connectivity index is 1.92. The van der Waals surface area contributed by atoms with Crippen LogP contribution in [-0.4, -0.2) is 33.4 Å². The van der Waals surface area contributed by atoms with E-state index >= 15 is 0 Å². The molecule has 116 valence electrons. The predicted octanol–water partition coefficient (Wildman–Crippen LogP) is 1.80. The van der Waals surface area contributed by atoms with Crippen LogP contribution in [0.3, 0.4) is 0 Å². The smallest absolute Gasteiger partial charge is 0.226 e. The molecule has 0 bridgehead atoms. The minimum absolute atomic E-state index is 0.531. The first kappa shape index (κ1) is 13.7. The fourth-order valence-corrected chi connectivity index (χ4v) is 3.32. The average molecular weight is 299 g/mol. The molecule has 0 unspecified atom stereocenters. The van der Waals surface area contributed by atoms with Crippen molar-refractivity contribution in [3.8, 4) is 17.1 Å². The van der Waals surface area contributed by atoms with Crippen molar-refractivity contribution < 1.29 is 4.74 Å². The van der Waals surface area contributed by atoms with Crippen LogP contribution in [0.1, 0.15) is 42.1 Å². The third-order valence-corrected chi connectivity index (χ3v) is 4.58. The van der Waals surface area contributed by atoms with Crippen LogP contribution in [0.5, 0.6) is 5.88 Å². The molecular formula is C16H21N5O. The number of fused-ring (bicyclic) bond motifs is 1. The molecule has 0 spiro atoms. The number of rotatable bonds is 3. The SMILES string of the molecule is COc1ncnc(C2CC2)c1-c1nn(C)c2c1CNCCC2. The quantitative estimate of drug-likeness (QED) is 0.936. The molecule has 2 aromatic rings. The summed E-state index contributed by atoms with van der Waals surface area (Å²) >= 11 is 0. The molecule has 0 aromatic carbocycles. The van der Waals surface area contributed by atoms with Crippen molar-refractivity contribution in [2.75, 3.05) is 13.7 Å². The lowest BCUT2D eigenvalue weighted by atomic mass is 10.0. The van der Waals surface area contributed by atoms with Gasteiger partial charge in [-0.3, -0.25) is 4.68 Å². The van der Waals surface area contributed by atoms with Gasteiger partial charge >= 0.3 is 0 Å². The van der Waals surface area contributed by atoms with Gasteiger partial charge in [-0.2, -0.15) is 5.10 Å². The summed E-state index contributed by atoms with van der Waals surface area (Å²) in [4.78, 5) is 8.87. The lowest BCUT2D eigenvalue weighted by molar-refractivity contribution is 0.397. The van der Waals surface area contributed by atoms with Crippen molar-refractivity contribution in [3.05, 3.63) is 23.3 Å². The molecule has 0 amide bonds. The van der Waals surface area contributed by atoms with Gasteiger partial charge in [-0.05, 0) is 32.2 Å². The first-order chi connectivity index (χ1) is 10.8. The molecular weight excluding hydrogens is 278 g/mol. The zero-order valence-electron chi connectivity index (χ0n) is 13.1. The van der Waals surface area contributed by atoms with E-state index in [9.17, 15) is 0 Å². The second-order valence-corrected chi connectivity index (χ2v) is 6.10. The number of nitrogens with one attached hydrogen (secondary N) is 1. The third kappa shape index (κ3) is 2.18. The Labute approximate surface area is 129 Å². The van der Waals surface area contributed by atoms with E-state index < -0.39 is 0 Å². The largest absolute Gasteiger partial charge is 0.480 e. The van der Waals surface area contributed by atoms with Gasteiger partial charge in [-0.25, -0.2) is 9.97 Å². The molecule has 1 aliphatic heterocycles. The van der Waals surface area contributed by atoms with Crippen molar-refractivity contribution in [2.45, 2.75) is 38.1 Å². The van der Waals surface area contributed by atoms with Crippen LogP contribution >= 0.6 is 0 Å². The number of aromatic nitrogens is 4. The molecule has 3 heterocycles. The summed E-state index contributed by atoms with van der Waals surface area (Å²) in [5.41, 5.74) is 5.67. The number of ether oxygens (including phenoxy) is 1. The predicted molar refractivity (Wildman–Crippen MR) is 82.8 cm³/mol. The number of aryl methyl sites for hydroxylation is 1. The van der Waals surface area contributed by atoms with Gasteiger partial charge in [-0.15, -0.1) is 0 Å². The summed E-state index contributed by atoms with van der Waals surface area (Å²) in [6, 6.07) is 0. The molecule has 4 rings (SSSR count). The van der Waals surface area contributed by atoms with Gasteiger partial charge in [0, 0.05) is 30.8 Å². The minimum Gasteiger partial charge on any atom is -0.480 e. The second kappa shape index (κ2) is 5.35. The molecule has 1 fully saturated rings. The first-order valence-corrected chi connectivity index (χ1v) is 7.94. The molecule has 0 saturated heterocycles. The molecule has 0 radical (unpaired) electrons. The summed E-state index contributed by atoms with van der Waals surface area (Å²) < 4.78 is 7.54. The van der Waals surface area contributed by atoms with Gasteiger partial charge in [0.1, 0.15) is 12.0 Å². The summed E-state index contributed by atoms with van der Waals surface area (Å²) in [5.74, 6) is 1.17. The molecule has 6 nitrogen and oxygen atoms in total. The Morgan fingerprint density at radius 2 is 2.18 bits per heavy atom. The van der Waals surface area contributed by atoms with E-state index in [0.29, 0.717) is 11.8 Å². The molecule has 1 aliphatic carbocycles. The molecule has 0 atom stereocenters. The topological polar surface area (TPSA) is 64.9 Å². The molecule has 2 aliphatic rings. The monoisotopic (exact) mass is 299 g/mol. The second-order valence-electron chi connectivity index (χ2n) is 6.10. The fraction of sp³-hybridized carbons (Fsp3) is 0.562. The zero-order chi connectivity index (χ0) is 15.1. The Morgan fingerprint density at radius 3 is 2.95 bits per heavy atom. The van der Waals surface area contributed by atoms with Crippen molar-refractivity contribution in [1.82, 2.24) is 25.1 Å². The van der Waals surface area contributed by atoms with Crippen LogP contribution in [0.2, 0.25) is 0 Å². The van der Waals surface area contributed by atoms with Crippen molar-refractivity contribution >= 4 is 0 Å². The lowest BCUT2D eigenvalue weighted by Gasteiger charge is -2.11. The van der Waals surface area contributed by atoms with E-state index in [-0.39, 0.29) is 0 Å². The summed E-state index contributed by atoms with van der Waals surface area (Å²) in [6.07, 6.45) is 6.20. The Morgan fingerprint density at radius 1 is 1.32 bits per heavy atom. The highest BCUT2D eigenvalue weighted by atomic mass is 16.5. The normalized spacial score (nSPS) is 17.9. The maximum atomic E-state index is 5.53. The number of nitrogens with zero attached hydrogens (tertiary/aromatic N) is 4. The van der Waals surface area contributed by atoms with Crippen LogP contribution in [0.4, 0.5) is 0 Å². The van der Waals surface area contributed by atoms with Crippen LogP contribution in [0.15, 0.2) is 6.33 Å². The molecule has 1 saturated carbocycles. The third-order valence-electron chi connectivity index (χ3n) is 4.58. The summed E-state index contributed by atoms with van der Waals surface area (Å²) in [7, 11) is 3.70. The standard InChI is InChI=1S/C16H21N5O/c1-21-12-4-3-7-17-8-11(12)15(20-21)13-14(10-5-6-10)18-9-19-16(13)22-2/h9-10,17H,3-8H2,1-2H3. The van der Waals surface area contributed by atoms with Gasteiger partial charge in [0.25, 0.3) is 0 Å². The van der Waals surface area contributed by atoms with Crippen molar-refractivity contribution in [2.24, 2.45) is 7.05 Å². The van der Waals surface area contributed by atoms with E-state index in [4.69, 9.17) is 9.84 Å². The summed E-state index contributed by atoms with van der Waals surface area (Å²) in [5, 5.41) is 8.29. The zero-order valence-corrected chi connectivity index (χ0v) is 13.1. The van der Waals surface area contributed by atoms with Crippen LogP contribution in [0.25, 0.3) is 11.3 Å². The van der Waals surface area contributed by atoms with Gasteiger partial charge in [0.15, 0.2) is 0 Å². The number of hydrogen-bond acceptors (Lipinski definition) is 5. The van der Waals surface area contributed by atoms with E-state index in [2.05, 4.69) is 15.3 Å². The minimum atomic E-state index is 0.531. The highest BCUT2D eigenvalue weighted by molar-refractivity contribution is 5.72. The molecule has 22 heavy (non-hydrogen) atoms. The van der Waals surface area contributed by atoms with Crippen LogP contribution in [0, 0.1) is 0 Å². The van der Waals surface area contributed by atoms with Gasteiger partial charge in [0.05, 0.1) is 18.4 Å². The van der Waals surface area contributed by atoms with E-state index in [1.165, 1.54) is 24.1 Å². The van der Waals surface area contributed by atoms with Gasteiger partial charge in [-0.1, -0.05) is 0 Å². The van der Waals surface area contributed by atoms with E-state index in [1.807, 2.05) is 11.7 Å². The highest BCUT2D eigenvalue weighted by Crippen LogP contribution is 2.46. The molecule has 6 heteroatoms. The first-order valence-electron chi connectivity index (χ1n) is 7.94.